The van der Waals surface area contributed by atoms with Crippen molar-refractivity contribution in [3.05, 3.63) is 64.2 Å². The second-order valence-corrected chi connectivity index (χ2v) is 8.38. The quantitative estimate of drug-likeness (QED) is 0.682. The number of ketones is 1. The first-order valence-electron chi connectivity index (χ1n) is 10.7. The molecule has 1 aliphatic rings. The fourth-order valence-electron chi connectivity index (χ4n) is 3.91. The Bertz CT molecular complexity index is 847. The first-order valence-corrected chi connectivity index (χ1v) is 10.7. The van der Waals surface area contributed by atoms with E-state index >= 15 is 0 Å². The van der Waals surface area contributed by atoms with Crippen LogP contribution in [0.4, 0.5) is 0 Å². The molecule has 1 heterocycles. The third kappa shape index (κ3) is 4.71. The number of hydrogen-bond acceptors (Lipinski definition) is 4. The first-order chi connectivity index (χ1) is 13.9. The van der Waals surface area contributed by atoms with Gasteiger partial charge in [0.2, 0.25) is 0 Å². The molecule has 1 fully saturated rings. The van der Waals surface area contributed by atoms with Gasteiger partial charge in [-0.3, -0.25) is 9.69 Å². The van der Waals surface area contributed by atoms with Gasteiger partial charge < -0.3 is 9.84 Å². The molecule has 0 atom stereocenters. The molecule has 1 aliphatic heterocycles. The molecule has 156 valence electrons. The maximum Gasteiger partial charge on any atom is 0.193 e. The number of carbonyl (C=O) groups excluding carboxylic acids is 1. The fraction of sp³-hybridized carbons (Fsp3) is 0.480. The van der Waals surface area contributed by atoms with Crippen LogP contribution in [0.1, 0.15) is 66.2 Å². The molecule has 1 N–H and O–H groups in total. The number of benzene rings is 2. The summed E-state index contributed by atoms with van der Waals surface area (Å²) in [5.41, 5.74) is 3.99. The van der Waals surface area contributed by atoms with Gasteiger partial charge >= 0.3 is 0 Å². The zero-order chi connectivity index (χ0) is 21.0. The van der Waals surface area contributed by atoms with Crippen LogP contribution in [0, 0.1) is 6.92 Å². The van der Waals surface area contributed by atoms with Crippen LogP contribution in [-0.2, 0) is 16.7 Å². The van der Waals surface area contributed by atoms with Crippen LogP contribution in [0.15, 0.2) is 36.4 Å². The lowest BCUT2D eigenvalue weighted by atomic mass is 9.75. The molecular weight excluding hydrogens is 362 g/mol. The van der Waals surface area contributed by atoms with Crippen molar-refractivity contribution in [2.24, 2.45) is 0 Å². The van der Waals surface area contributed by atoms with E-state index in [4.69, 9.17) is 4.74 Å². The van der Waals surface area contributed by atoms with Crippen LogP contribution in [0.3, 0.4) is 0 Å². The molecule has 3 rings (SSSR count). The lowest BCUT2D eigenvalue weighted by molar-refractivity contribution is 0.0338. The fourth-order valence-corrected chi connectivity index (χ4v) is 3.91. The molecular formula is C25H33NO3. The third-order valence-electron chi connectivity index (χ3n) is 6.47. The largest absolute Gasteiger partial charge is 0.507 e. The van der Waals surface area contributed by atoms with Gasteiger partial charge in [0.25, 0.3) is 0 Å². The smallest absolute Gasteiger partial charge is 0.193 e. The highest BCUT2D eigenvalue weighted by molar-refractivity contribution is 6.09. The third-order valence-corrected chi connectivity index (χ3v) is 6.47. The number of morpholine rings is 1. The first kappa shape index (κ1) is 21.5. The highest BCUT2D eigenvalue weighted by Crippen LogP contribution is 2.40. The summed E-state index contributed by atoms with van der Waals surface area (Å²) < 4.78 is 5.45. The number of hydrogen-bond donors (Lipinski definition) is 1. The maximum absolute atomic E-state index is 13.3. The molecule has 1 saturated heterocycles. The average molecular weight is 396 g/mol. The van der Waals surface area contributed by atoms with Crippen LogP contribution in [-0.4, -0.2) is 42.1 Å². The standard InChI is InChI=1S/C25H33NO3/c1-5-25(4,6-2)22-16-20(23(27)19-9-7-18(3)8-10-19)15-21(24(22)28)17-26-11-13-29-14-12-26/h7-10,15-16,28H,5-6,11-14,17H2,1-4H3. The zero-order valence-corrected chi connectivity index (χ0v) is 18.1. The van der Waals surface area contributed by atoms with E-state index in [-0.39, 0.29) is 11.2 Å². The summed E-state index contributed by atoms with van der Waals surface area (Å²) in [6.07, 6.45) is 1.80. The van der Waals surface area contributed by atoms with Gasteiger partial charge in [-0.2, -0.15) is 0 Å². The second kappa shape index (κ2) is 9.10. The van der Waals surface area contributed by atoms with E-state index in [2.05, 4.69) is 25.7 Å². The van der Waals surface area contributed by atoms with E-state index in [0.29, 0.717) is 36.6 Å². The molecule has 2 aromatic carbocycles. The van der Waals surface area contributed by atoms with Gasteiger partial charge in [-0.15, -0.1) is 0 Å². The number of carbonyl (C=O) groups is 1. The molecule has 2 aromatic rings. The Morgan fingerprint density at radius 1 is 1.07 bits per heavy atom. The van der Waals surface area contributed by atoms with Gasteiger partial charge in [-0.1, -0.05) is 50.6 Å². The predicted molar refractivity (Wildman–Crippen MR) is 117 cm³/mol. The number of nitrogens with zero attached hydrogens (tertiary/aromatic N) is 1. The maximum atomic E-state index is 13.3. The summed E-state index contributed by atoms with van der Waals surface area (Å²) in [6, 6.07) is 11.5. The lowest BCUT2D eigenvalue weighted by Gasteiger charge is -2.31. The van der Waals surface area contributed by atoms with Gasteiger partial charge in [0.1, 0.15) is 5.75 Å². The molecule has 0 spiro atoms. The van der Waals surface area contributed by atoms with Gasteiger partial charge in [0.15, 0.2) is 5.78 Å². The van der Waals surface area contributed by atoms with Crippen LogP contribution < -0.4 is 0 Å². The summed E-state index contributed by atoms with van der Waals surface area (Å²) in [5, 5.41) is 11.2. The van der Waals surface area contributed by atoms with Gasteiger partial charge in [-0.25, -0.2) is 0 Å². The second-order valence-electron chi connectivity index (χ2n) is 8.38. The minimum absolute atomic E-state index is 0.00373. The number of rotatable bonds is 7. The molecule has 4 heteroatoms. The molecule has 0 radical (unpaired) electrons. The molecule has 0 bridgehead atoms. The highest BCUT2D eigenvalue weighted by Gasteiger charge is 2.29. The lowest BCUT2D eigenvalue weighted by Crippen LogP contribution is -2.35. The van der Waals surface area contributed by atoms with Crippen molar-refractivity contribution in [3.8, 4) is 5.75 Å². The summed E-state index contributed by atoms with van der Waals surface area (Å²) >= 11 is 0. The summed E-state index contributed by atoms with van der Waals surface area (Å²) in [7, 11) is 0. The Hall–Kier alpha value is -2.17. The zero-order valence-electron chi connectivity index (χ0n) is 18.1. The van der Waals surface area contributed by atoms with Crippen LogP contribution >= 0.6 is 0 Å². The van der Waals surface area contributed by atoms with Crippen LogP contribution in [0.5, 0.6) is 5.75 Å². The van der Waals surface area contributed by atoms with Gasteiger partial charge in [0.05, 0.1) is 13.2 Å². The average Bonchev–Trinajstić information content (AvgIpc) is 2.75. The van der Waals surface area contributed by atoms with Crippen molar-refractivity contribution in [1.82, 2.24) is 4.90 Å². The summed E-state index contributed by atoms with van der Waals surface area (Å²) in [4.78, 5) is 15.5. The van der Waals surface area contributed by atoms with Crippen molar-refractivity contribution in [1.29, 1.82) is 0 Å². The Morgan fingerprint density at radius 2 is 1.69 bits per heavy atom. The Kier molecular flexibility index (Phi) is 6.76. The SMILES string of the molecule is CCC(C)(CC)c1cc(C(=O)c2ccc(C)cc2)cc(CN2CCOCC2)c1O. The molecule has 0 amide bonds. The number of aryl methyl sites for hydroxylation is 1. The highest BCUT2D eigenvalue weighted by atomic mass is 16.5. The van der Waals surface area contributed by atoms with Crippen molar-refractivity contribution in [2.45, 2.75) is 52.5 Å². The van der Waals surface area contributed by atoms with Crippen LogP contribution in [0.25, 0.3) is 0 Å². The Balaban J connectivity index is 2.06. The molecule has 0 aliphatic carbocycles. The van der Waals surface area contributed by atoms with Gasteiger partial charge in [0, 0.05) is 41.9 Å². The molecule has 4 nitrogen and oxygen atoms in total. The van der Waals surface area contributed by atoms with Crippen molar-refractivity contribution in [2.75, 3.05) is 26.3 Å². The normalized spacial score (nSPS) is 15.4. The van der Waals surface area contributed by atoms with E-state index in [1.54, 1.807) is 0 Å². The predicted octanol–water partition coefficient (Wildman–Crippen LogP) is 4.84. The number of ether oxygens (including phenoxy) is 1. The number of phenols is 1. The van der Waals surface area contributed by atoms with Crippen LogP contribution in [0.2, 0.25) is 0 Å². The monoisotopic (exact) mass is 395 g/mol. The minimum atomic E-state index is -0.173. The van der Waals surface area contributed by atoms with E-state index in [9.17, 15) is 9.90 Å². The number of aromatic hydroxyl groups is 1. The Labute approximate surface area is 174 Å². The summed E-state index contributed by atoms with van der Waals surface area (Å²) in [5.74, 6) is 0.340. The van der Waals surface area contributed by atoms with Crippen molar-refractivity contribution in [3.63, 3.8) is 0 Å². The van der Waals surface area contributed by atoms with Crippen molar-refractivity contribution >= 4 is 5.78 Å². The topological polar surface area (TPSA) is 49.8 Å². The van der Waals surface area contributed by atoms with E-state index < -0.39 is 0 Å². The molecule has 0 unspecified atom stereocenters. The van der Waals surface area contributed by atoms with Gasteiger partial charge in [-0.05, 0) is 37.3 Å². The number of phenolic OH excluding ortho intramolecular Hbond substituents is 1. The van der Waals surface area contributed by atoms with Crippen molar-refractivity contribution < 1.29 is 14.6 Å². The summed E-state index contributed by atoms with van der Waals surface area (Å²) in [6.45, 7) is 12.2. The Morgan fingerprint density at radius 3 is 2.28 bits per heavy atom. The molecule has 0 saturated carbocycles. The van der Waals surface area contributed by atoms with E-state index in [1.807, 2.05) is 43.3 Å². The molecule has 0 aromatic heterocycles. The van der Waals surface area contributed by atoms with E-state index in [0.717, 1.165) is 42.6 Å². The van der Waals surface area contributed by atoms with E-state index in [1.165, 1.54) is 0 Å². The minimum Gasteiger partial charge on any atom is -0.507 e. The molecule has 29 heavy (non-hydrogen) atoms.